The maximum Gasteiger partial charge on any atom is 0.246 e. The minimum Gasteiger partial charge on any atom is -0.337 e. The van der Waals surface area contributed by atoms with E-state index in [-0.39, 0.29) is 5.54 Å². The number of hydrogen-bond acceptors (Lipinski definition) is 5. The van der Waals surface area contributed by atoms with Crippen molar-refractivity contribution in [3.8, 4) is 0 Å². The minimum atomic E-state index is -0.388. The van der Waals surface area contributed by atoms with Crippen LogP contribution in [0, 0.1) is 5.92 Å². The first kappa shape index (κ1) is 11.9. The van der Waals surface area contributed by atoms with E-state index in [0.29, 0.717) is 11.8 Å². The van der Waals surface area contributed by atoms with Crippen LogP contribution in [0.1, 0.15) is 44.3 Å². The summed E-state index contributed by atoms with van der Waals surface area (Å²) in [6, 6.07) is 0. The Labute approximate surface area is 100 Å². The lowest BCUT2D eigenvalue weighted by Gasteiger charge is -2.33. The Morgan fingerprint density at radius 3 is 3.12 bits per heavy atom. The van der Waals surface area contributed by atoms with Gasteiger partial charge in [-0.2, -0.15) is 16.7 Å². The molecule has 0 saturated heterocycles. The van der Waals surface area contributed by atoms with E-state index in [2.05, 4.69) is 17.1 Å². The van der Waals surface area contributed by atoms with Crippen molar-refractivity contribution in [3.63, 3.8) is 0 Å². The second-order valence-electron chi connectivity index (χ2n) is 4.81. The van der Waals surface area contributed by atoms with Gasteiger partial charge in [-0.25, -0.2) is 0 Å². The molecule has 1 heterocycles. The molecule has 0 radical (unpaired) electrons. The van der Waals surface area contributed by atoms with Crippen molar-refractivity contribution >= 4 is 11.8 Å². The Morgan fingerprint density at radius 1 is 1.62 bits per heavy atom. The van der Waals surface area contributed by atoms with Crippen molar-refractivity contribution in [2.45, 2.75) is 43.9 Å². The van der Waals surface area contributed by atoms with Crippen LogP contribution in [0.3, 0.4) is 0 Å². The van der Waals surface area contributed by atoms with Gasteiger partial charge < -0.3 is 10.3 Å². The van der Waals surface area contributed by atoms with Crippen molar-refractivity contribution in [3.05, 3.63) is 11.7 Å². The Balaban J connectivity index is 2.14. The molecule has 1 aromatic heterocycles. The summed E-state index contributed by atoms with van der Waals surface area (Å²) >= 11 is 1.69. The molecule has 1 saturated carbocycles. The lowest BCUT2D eigenvalue weighted by Crippen LogP contribution is -2.41. The van der Waals surface area contributed by atoms with Gasteiger partial charge in [0.1, 0.15) is 0 Å². The summed E-state index contributed by atoms with van der Waals surface area (Å²) in [6.07, 6.45) is 6.34. The SMILES string of the molecule is CSCc1noc(C2(N)CCCC(C)C2)n1. The van der Waals surface area contributed by atoms with Crippen LogP contribution in [0.4, 0.5) is 0 Å². The van der Waals surface area contributed by atoms with Gasteiger partial charge in [0.05, 0.1) is 11.3 Å². The lowest BCUT2D eigenvalue weighted by atomic mass is 9.77. The molecule has 0 aromatic carbocycles. The van der Waals surface area contributed by atoms with E-state index in [0.717, 1.165) is 30.8 Å². The zero-order chi connectivity index (χ0) is 11.6. The van der Waals surface area contributed by atoms with Crippen LogP contribution in [-0.2, 0) is 11.3 Å². The second kappa shape index (κ2) is 4.75. The molecule has 4 nitrogen and oxygen atoms in total. The van der Waals surface area contributed by atoms with E-state index in [4.69, 9.17) is 10.3 Å². The maximum absolute atomic E-state index is 6.38. The molecule has 0 amide bonds. The quantitative estimate of drug-likeness (QED) is 0.879. The normalized spacial score (nSPS) is 30.6. The summed E-state index contributed by atoms with van der Waals surface area (Å²) in [5, 5.41) is 3.96. The highest BCUT2D eigenvalue weighted by Gasteiger charge is 2.37. The monoisotopic (exact) mass is 241 g/mol. The summed E-state index contributed by atoms with van der Waals surface area (Å²) in [4.78, 5) is 4.41. The molecular formula is C11H19N3OS. The Bertz CT molecular complexity index is 355. The van der Waals surface area contributed by atoms with Crippen molar-refractivity contribution in [1.82, 2.24) is 10.1 Å². The number of hydrogen-bond donors (Lipinski definition) is 1. The van der Waals surface area contributed by atoms with Crippen LogP contribution in [0.2, 0.25) is 0 Å². The van der Waals surface area contributed by atoms with Gasteiger partial charge in [0.25, 0.3) is 0 Å². The smallest absolute Gasteiger partial charge is 0.246 e. The molecule has 2 rings (SSSR count). The third-order valence-electron chi connectivity index (χ3n) is 3.20. The molecule has 2 N–H and O–H groups in total. The van der Waals surface area contributed by atoms with E-state index in [1.807, 2.05) is 6.26 Å². The van der Waals surface area contributed by atoms with Gasteiger partial charge in [0, 0.05) is 0 Å². The standard InChI is InChI=1S/C11H19N3OS/c1-8-4-3-5-11(12,6-8)10-13-9(7-16-2)14-15-10/h8H,3-7,12H2,1-2H3. The van der Waals surface area contributed by atoms with Crippen molar-refractivity contribution < 1.29 is 4.52 Å². The Morgan fingerprint density at radius 2 is 2.44 bits per heavy atom. The highest BCUT2D eigenvalue weighted by Crippen LogP contribution is 2.36. The molecule has 0 bridgehead atoms. The molecule has 16 heavy (non-hydrogen) atoms. The van der Waals surface area contributed by atoms with Crippen molar-refractivity contribution in [2.75, 3.05) is 6.26 Å². The second-order valence-corrected chi connectivity index (χ2v) is 5.67. The number of nitrogens with two attached hydrogens (primary N) is 1. The molecule has 1 aliphatic rings. The van der Waals surface area contributed by atoms with Gasteiger partial charge in [-0.05, 0) is 25.0 Å². The molecule has 5 heteroatoms. The van der Waals surface area contributed by atoms with Gasteiger partial charge in [-0.1, -0.05) is 24.9 Å². The highest BCUT2D eigenvalue weighted by molar-refractivity contribution is 7.97. The van der Waals surface area contributed by atoms with Crippen LogP contribution >= 0.6 is 11.8 Å². The van der Waals surface area contributed by atoms with Crippen LogP contribution in [-0.4, -0.2) is 16.4 Å². The zero-order valence-electron chi connectivity index (χ0n) is 9.90. The summed E-state index contributed by atoms with van der Waals surface area (Å²) < 4.78 is 5.31. The molecule has 1 aliphatic carbocycles. The third kappa shape index (κ3) is 2.40. The fraction of sp³-hybridized carbons (Fsp3) is 0.818. The molecule has 0 aliphatic heterocycles. The predicted octanol–water partition coefficient (Wildman–Crippen LogP) is 2.30. The van der Waals surface area contributed by atoms with E-state index < -0.39 is 0 Å². The summed E-state index contributed by atoms with van der Waals surface area (Å²) in [5.74, 6) is 2.82. The Kier molecular flexibility index (Phi) is 3.54. The number of thioether (sulfide) groups is 1. The van der Waals surface area contributed by atoms with Crippen molar-refractivity contribution in [2.24, 2.45) is 11.7 Å². The number of aromatic nitrogens is 2. The van der Waals surface area contributed by atoms with Crippen LogP contribution in [0.15, 0.2) is 4.52 Å². The van der Waals surface area contributed by atoms with Gasteiger partial charge in [0.15, 0.2) is 5.82 Å². The molecule has 2 unspecified atom stereocenters. The van der Waals surface area contributed by atoms with Gasteiger partial charge in [0.2, 0.25) is 5.89 Å². The Hall–Kier alpha value is -0.550. The topological polar surface area (TPSA) is 64.9 Å². The van der Waals surface area contributed by atoms with Gasteiger partial charge in [-0.15, -0.1) is 0 Å². The maximum atomic E-state index is 6.38. The van der Waals surface area contributed by atoms with Crippen molar-refractivity contribution in [1.29, 1.82) is 0 Å². The van der Waals surface area contributed by atoms with E-state index in [1.54, 1.807) is 11.8 Å². The first-order valence-electron chi connectivity index (χ1n) is 5.75. The molecule has 90 valence electrons. The van der Waals surface area contributed by atoms with E-state index in [9.17, 15) is 0 Å². The molecule has 0 spiro atoms. The fourth-order valence-corrected chi connectivity index (χ4v) is 2.81. The predicted molar refractivity (Wildman–Crippen MR) is 65.0 cm³/mol. The average Bonchev–Trinajstić information content (AvgIpc) is 2.67. The zero-order valence-corrected chi connectivity index (χ0v) is 10.7. The van der Waals surface area contributed by atoms with Crippen LogP contribution in [0.25, 0.3) is 0 Å². The third-order valence-corrected chi connectivity index (χ3v) is 3.75. The highest BCUT2D eigenvalue weighted by atomic mass is 32.2. The van der Waals surface area contributed by atoms with Gasteiger partial charge >= 0.3 is 0 Å². The lowest BCUT2D eigenvalue weighted by molar-refractivity contribution is 0.183. The number of nitrogens with zero attached hydrogens (tertiary/aromatic N) is 2. The first-order valence-corrected chi connectivity index (χ1v) is 7.14. The first-order chi connectivity index (χ1) is 7.64. The average molecular weight is 241 g/mol. The van der Waals surface area contributed by atoms with Gasteiger partial charge in [-0.3, -0.25) is 0 Å². The summed E-state index contributed by atoms with van der Waals surface area (Å²) in [5.41, 5.74) is 5.99. The summed E-state index contributed by atoms with van der Waals surface area (Å²) in [6.45, 7) is 2.24. The molecule has 1 aromatic rings. The van der Waals surface area contributed by atoms with E-state index in [1.165, 1.54) is 6.42 Å². The number of rotatable bonds is 3. The van der Waals surface area contributed by atoms with Crippen LogP contribution < -0.4 is 5.73 Å². The fourth-order valence-electron chi connectivity index (χ4n) is 2.43. The minimum absolute atomic E-state index is 0.388. The largest absolute Gasteiger partial charge is 0.337 e. The van der Waals surface area contributed by atoms with Crippen LogP contribution in [0.5, 0.6) is 0 Å². The molecule has 1 fully saturated rings. The molecular weight excluding hydrogens is 222 g/mol. The molecule has 2 atom stereocenters. The summed E-state index contributed by atoms with van der Waals surface area (Å²) in [7, 11) is 0. The van der Waals surface area contributed by atoms with E-state index >= 15 is 0 Å².